The monoisotopic (exact) mass is 227 g/mol. The number of amides is 2. The Balaban J connectivity index is 2.95. The Kier molecular flexibility index (Phi) is 4.04. The van der Waals surface area contributed by atoms with E-state index in [1.165, 1.54) is 0 Å². The molecule has 0 saturated carbocycles. The highest BCUT2D eigenvalue weighted by Crippen LogP contribution is 2.21. The van der Waals surface area contributed by atoms with E-state index in [9.17, 15) is 14.4 Å². The van der Waals surface area contributed by atoms with E-state index in [4.69, 9.17) is 5.11 Å². The van der Waals surface area contributed by atoms with Crippen LogP contribution in [-0.4, -0.2) is 33.8 Å². The van der Waals surface area contributed by atoms with Crippen LogP contribution in [0.15, 0.2) is 0 Å². The van der Waals surface area contributed by atoms with Gasteiger partial charge in [-0.2, -0.15) is 0 Å². The lowest BCUT2D eigenvalue weighted by molar-refractivity contribution is -0.162. The van der Waals surface area contributed by atoms with E-state index in [-0.39, 0.29) is 30.6 Å². The Morgan fingerprint density at radius 1 is 1.38 bits per heavy atom. The molecule has 90 valence electrons. The molecule has 2 atom stereocenters. The maximum Gasteiger partial charge on any atom is 0.327 e. The minimum Gasteiger partial charge on any atom is -0.480 e. The molecule has 5 nitrogen and oxygen atoms in total. The number of rotatable bonds is 4. The van der Waals surface area contributed by atoms with E-state index >= 15 is 0 Å². The van der Waals surface area contributed by atoms with Gasteiger partial charge in [0.15, 0.2) is 0 Å². The molecule has 2 unspecified atom stereocenters. The minimum atomic E-state index is -1.10. The normalized spacial score (nSPS) is 20.8. The van der Waals surface area contributed by atoms with Gasteiger partial charge in [0.1, 0.15) is 6.04 Å². The zero-order valence-electron chi connectivity index (χ0n) is 9.60. The maximum absolute atomic E-state index is 11.6. The number of aliphatic carboxylic acids is 1. The quantitative estimate of drug-likeness (QED) is 0.728. The standard InChI is InChI=1S/C11H17NO4/c1-3-7(2)10(11(15)16)12-8(13)5-4-6-9(12)14/h7,10H,3-6H2,1-2H3,(H,15,16). The summed E-state index contributed by atoms with van der Waals surface area (Å²) < 4.78 is 0. The maximum atomic E-state index is 11.6. The van der Waals surface area contributed by atoms with Crippen LogP contribution in [-0.2, 0) is 14.4 Å². The average Bonchev–Trinajstić information content (AvgIpc) is 2.22. The van der Waals surface area contributed by atoms with Gasteiger partial charge in [0.25, 0.3) is 0 Å². The number of carboxylic acid groups (broad SMARTS) is 1. The summed E-state index contributed by atoms with van der Waals surface area (Å²) >= 11 is 0. The lowest BCUT2D eigenvalue weighted by Crippen LogP contribution is -2.53. The van der Waals surface area contributed by atoms with Crippen molar-refractivity contribution < 1.29 is 19.5 Å². The summed E-state index contributed by atoms with van der Waals surface area (Å²) in [6, 6.07) is -1.01. The molecular formula is C11H17NO4. The van der Waals surface area contributed by atoms with Crippen molar-refractivity contribution in [1.29, 1.82) is 0 Å². The second-order valence-electron chi connectivity index (χ2n) is 4.18. The van der Waals surface area contributed by atoms with Crippen LogP contribution < -0.4 is 0 Å². The smallest absolute Gasteiger partial charge is 0.327 e. The third-order valence-corrected chi connectivity index (χ3v) is 3.03. The van der Waals surface area contributed by atoms with E-state index in [2.05, 4.69) is 0 Å². The zero-order valence-corrected chi connectivity index (χ0v) is 9.60. The van der Waals surface area contributed by atoms with Crippen molar-refractivity contribution in [3.63, 3.8) is 0 Å². The predicted molar refractivity (Wildman–Crippen MR) is 56.6 cm³/mol. The number of carboxylic acids is 1. The lowest BCUT2D eigenvalue weighted by atomic mass is 9.95. The Morgan fingerprint density at radius 3 is 2.25 bits per heavy atom. The Bertz CT molecular complexity index is 297. The summed E-state index contributed by atoms with van der Waals surface area (Å²) in [7, 11) is 0. The molecule has 5 heteroatoms. The summed E-state index contributed by atoms with van der Waals surface area (Å²) in [6.07, 6.45) is 1.69. The number of carbonyl (C=O) groups is 3. The molecule has 0 radical (unpaired) electrons. The largest absolute Gasteiger partial charge is 0.480 e. The Hall–Kier alpha value is -1.39. The van der Waals surface area contributed by atoms with Gasteiger partial charge >= 0.3 is 5.97 Å². The van der Waals surface area contributed by atoms with Gasteiger partial charge in [0, 0.05) is 12.8 Å². The molecule has 1 aliphatic rings. The summed E-state index contributed by atoms with van der Waals surface area (Å²) in [5.74, 6) is -2.03. The summed E-state index contributed by atoms with van der Waals surface area (Å²) in [5, 5.41) is 9.12. The highest BCUT2D eigenvalue weighted by molar-refractivity contribution is 6.01. The van der Waals surface area contributed by atoms with Crippen molar-refractivity contribution in [3.8, 4) is 0 Å². The number of carbonyl (C=O) groups excluding carboxylic acids is 2. The minimum absolute atomic E-state index is 0.219. The third-order valence-electron chi connectivity index (χ3n) is 3.03. The number of likely N-dealkylation sites (tertiary alicyclic amines) is 1. The van der Waals surface area contributed by atoms with Crippen molar-refractivity contribution in [2.45, 2.75) is 45.6 Å². The fourth-order valence-electron chi connectivity index (χ4n) is 1.91. The summed E-state index contributed by atoms with van der Waals surface area (Å²) in [4.78, 5) is 35.3. The number of imide groups is 1. The molecule has 16 heavy (non-hydrogen) atoms. The van der Waals surface area contributed by atoms with Crippen LogP contribution in [0, 0.1) is 5.92 Å². The first-order valence-corrected chi connectivity index (χ1v) is 5.56. The van der Waals surface area contributed by atoms with Crippen LogP contribution >= 0.6 is 0 Å². The van der Waals surface area contributed by atoms with Gasteiger partial charge in [-0.3, -0.25) is 14.5 Å². The second kappa shape index (κ2) is 5.09. The number of hydrogen-bond donors (Lipinski definition) is 1. The van der Waals surface area contributed by atoms with Crippen LogP contribution in [0.5, 0.6) is 0 Å². The summed E-state index contributed by atoms with van der Waals surface area (Å²) in [5.41, 5.74) is 0. The van der Waals surface area contributed by atoms with Crippen LogP contribution in [0.1, 0.15) is 39.5 Å². The molecule has 1 aliphatic heterocycles. The molecule has 0 spiro atoms. The van der Waals surface area contributed by atoms with Crippen LogP contribution in [0.4, 0.5) is 0 Å². The van der Waals surface area contributed by atoms with E-state index in [0.29, 0.717) is 12.8 Å². The van der Waals surface area contributed by atoms with E-state index in [1.807, 2.05) is 6.92 Å². The fraction of sp³-hybridized carbons (Fsp3) is 0.727. The van der Waals surface area contributed by atoms with Gasteiger partial charge in [0.05, 0.1) is 0 Å². The van der Waals surface area contributed by atoms with Crippen LogP contribution in [0.2, 0.25) is 0 Å². The topological polar surface area (TPSA) is 74.7 Å². The molecule has 2 amide bonds. The molecule has 1 N–H and O–H groups in total. The molecule has 1 saturated heterocycles. The molecular weight excluding hydrogens is 210 g/mol. The first-order valence-electron chi connectivity index (χ1n) is 5.56. The highest BCUT2D eigenvalue weighted by atomic mass is 16.4. The van der Waals surface area contributed by atoms with Crippen molar-refractivity contribution in [3.05, 3.63) is 0 Å². The average molecular weight is 227 g/mol. The third kappa shape index (κ3) is 2.40. The molecule has 1 fully saturated rings. The van der Waals surface area contributed by atoms with Crippen molar-refractivity contribution in [2.75, 3.05) is 0 Å². The van der Waals surface area contributed by atoms with Crippen LogP contribution in [0.25, 0.3) is 0 Å². The molecule has 0 aromatic rings. The second-order valence-corrected chi connectivity index (χ2v) is 4.18. The highest BCUT2D eigenvalue weighted by Gasteiger charge is 2.39. The number of nitrogens with zero attached hydrogens (tertiary/aromatic N) is 1. The van der Waals surface area contributed by atoms with Gasteiger partial charge in [-0.15, -0.1) is 0 Å². The van der Waals surface area contributed by atoms with E-state index < -0.39 is 12.0 Å². The first kappa shape index (κ1) is 12.7. The molecule has 0 bridgehead atoms. The predicted octanol–water partition coefficient (Wildman–Crippen LogP) is 1.02. The van der Waals surface area contributed by atoms with Gasteiger partial charge in [0.2, 0.25) is 11.8 Å². The zero-order chi connectivity index (χ0) is 12.3. The van der Waals surface area contributed by atoms with Gasteiger partial charge in [-0.1, -0.05) is 20.3 Å². The van der Waals surface area contributed by atoms with Gasteiger partial charge in [-0.05, 0) is 12.3 Å². The molecule has 1 heterocycles. The molecule has 0 aromatic heterocycles. The van der Waals surface area contributed by atoms with Crippen molar-refractivity contribution in [2.24, 2.45) is 5.92 Å². The molecule has 0 aliphatic carbocycles. The van der Waals surface area contributed by atoms with Crippen molar-refractivity contribution in [1.82, 2.24) is 4.90 Å². The van der Waals surface area contributed by atoms with Crippen LogP contribution in [0.3, 0.4) is 0 Å². The molecule has 1 rings (SSSR count). The fourth-order valence-corrected chi connectivity index (χ4v) is 1.91. The summed E-state index contributed by atoms with van der Waals surface area (Å²) in [6.45, 7) is 3.59. The Labute approximate surface area is 94.4 Å². The lowest BCUT2D eigenvalue weighted by Gasteiger charge is -2.33. The Morgan fingerprint density at radius 2 is 1.88 bits per heavy atom. The van der Waals surface area contributed by atoms with E-state index in [1.54, 1.807) is 6.92 Å². The number of hydrogen-bond acceptors (Lipinski definition) is 3. The molecule has 0 aromatic carbocycles. The number of piperidine rings is 1. The van der Waals surface area contributed by atoms with E-state index in [0.717, 1.165) is 4.90 Å². The van der Waals surface area contributed by atoms with Gasteiger partial charge < -0.3 is 5.11 Å². The first-order chi connectivity index (χ1) is 7.49. The van der Waals surface area contributed by atoms with Gasteiger partial charge in [-0.25, -0.2) is 4.79 Å². The SMILES string of the molecule is CCC(C)C(C(=O)O)N1C(=O)CCCC1=O. The van der Waals surface area contributed by atoms with Crippen molar-refractivity contribution >= 4 is 17.8 Å².